The lowest BCUT2D eigenvalue weighted by Crippen LogP contribution is -2.28. The topological polar surface area (TPSA) is 93.8 Å². The number of nitrogens with zero attached hydrogens (tertiary/aromatic N) is 3. The number of nitrogens with one attached hydrogen (secondary N) is 1. The van der Waals surface area contributed by atoms with Gasteiger partial charge in [0.05, 0.1) is 11.6 Å². The fourth-order valence-corrected chi connectivity index (χ4v) is 3.13. The summed E-state index contributed by atoms with van der Waals surface area (Å²) < 4.78 is 14.0. The minimum absolute atomic E-state index is 0.0228. The van der Waals surface area contributed by atoms with Gasteiger partial charge in [0.2, 0.25) is 5.95 Å². The Hall–Kier alpha value is -3.61. The van der Waals surface area contributed by atoms with Crippen molar-refractivity contribution in [2.24, 2.45) is 0 Å². The maximum Gasteiger partial charge on any atom is 0.271 e. The summed E-state index contributed by atoms with van der Waals surface area (Å²) in [6.45, 7) is 1.86. The molecule has 2 heterocycles. The molecule has 0 radical (unpaired) electrons. The largest absolute Gasteiger partial charge is 0.368 e. The number of nitrogens with two attached hydrogens (primary N) is 1. The molecule has 134 valence electrons. The average molecular weight is 361 g/mol. The lowest BCUT2D eigenvalue weighted by Gasteiger charge is -2.16. The zero-order valence-corrected chi connectivity index (χ0v) is 14.5. The van der Waals surface area contributed by atoms with E-state index in [-0.39, 0.29) is 23.2 Å². The zero-order chi connectivity index (χ0) is 19.0. The Morgan fingerprint density at radius 1 is 1.07 bits per heavy atom. The van der Waals surface area contributed by atoms with Gasteiger partial charge in [-0.2, -0.15) is 0 Å². The lowest BCUT2D eigenvalue weighted by atomic mass is 10.0. The van der Waals surface area contributed by atoms with E-state index in [1.807, 2.05) is 37.3 Å². The number of pyridine rings is 1. The number of halogens is 1. The highest BCUT2D eigenvalue weighted by Crippen LogP contribution is 2.24. The smallest absolute Gasteiger partial charge is 0.271 e. The van der Waals surface area contributed by atoms with E-state index in [1.165, 1.54) is 12.1 Å². The molecule has 4 aromatic rings. The highest BCUT2D eigenvalue weighted by molar-refractivity contribution is 6.05. The van der Waals surface area contributed by atoms with Crippen LogP contribution >= 0.6 is 0 Å². The van der Waals surface area contributed by atoms with Crippen LogP contribution in [0.1, 0.15) is 29.0 Å². The van der Waals surface area contributed by atoms with E-state index in [2.05, 4.69) is 20.3 Å². The van der Waals surface area contributed by atoms with Crippen molar-refractivity contribution in [1.29, 1.82) is 0 Å². The summed E-state index contributed by atoms with van der Waals surface area (Å²) in [5, 5.41) is 4.19. The zero-order valence-electron chi connectivity index (χ0n) is 14.5. The summed E-state index contributed by atoms with van der Waals surface area (Å²) in [6, 6.07) is 13.6. The third-order valence-corrected chi connectivity index (χ3v) is 4.39. The molecule has 1 atom stereocenters. The van der Waals surface area contributed by atoms with Crippen molar-refractivity contribution in [3.63, 3.8) is 0 Å². The van der Waals surface area contributed by atoms with E-state index in [9.17, 15) is 9.18 Å². The van der Waals surface area contributed by atoms with Crippen LogP contribution in [0.15, 0.2) is 54.7 Å². The molecule has 27 heavy (non-hydrogen) atoms. The molecule has 0 spiro atoms. The van der Waals surface area contributed by atoms with Crippen molar-refractivity contribution < 1.29 is 9.18 Å². The van der Waals surface area contributed by atoms with E-state index in [4.69, 9.17) is 5.73 Å². The molecule has 0 aliphatic heterocycles. The summed E-state index contributed by atoms with van der Waals surface area (Å²) in [7, 11) is 0. The highest BCUT2D eigenvalue weighted by atomic mass is 19.1. The number of hydrogen-bond acceptors (Lipinski definition) is 5. The molecule has 7 heteroatoms. The summed E-state index contributed by atoms with van der Waals surface area (Å²) in [6.07, 6.45) is 1.71. The SMILES string of the molecule is CC(NC(=O)c1nc(N)nc2c(F)cccc12)c1cccc2cccnc12. The second-order valence-corrected chi connectivity index (χ2v) is 6.18. The van der Waals surface area contributed by atoms with Gasteiger partial charge in [-0.15, -0.1) is 0 Å². The number of rotatable bonds is 3. The van der Waals surface area contributed by atoms with Gasteiger partial charge in [0.1, 0.15) is 17.0 Å². The van der Waals surface area contributed by atoms with Gasteiger partial charge in [-0.05, 0) is 19.1 Å². The lowest BCUT2D eigenvalue weighted by molar-refractivity contribution is 0.0937. The molecule has 1 unspecified atom stereocenters. The van der Waals surface area contributed by atoms with Crippen molar-refractivity contribution in [2.45, 2.75) is 13.0 Å². The van der Waals surface area contributed by atoms with Crippen molar-refractivity contribution in [3.05, 3.63) is 71.8 Å². The highest BCUT2D eigenvalue weighted by Gasteiger charge is 2.19. The van der Waals surface area contributed by atoms with Gasteiger partial charge in [-0.3, -0.25) is 9.78 Å². The van der Waals surface area contributed by atoms with Gasteiger partial charge in [0.15, 0.2) is 0 Å². The Labute approximate surface area is 154 Å². The predicted molar refractivity (Wildman–Crippen MR) is 102 cm³/mol. The van der Waals surface area contributed by atoms with E-state index in [1.54, 1.807) is 12.3 Å². The minimum atomic E-state index is -0.554. The maximum atomic E-state index is 14.0. The van der Waals surface area contributed by atoms with Crippen LogP contribution in [0, 0.1) is 5.82 Å². The monoisotopic (exact) mass is 361 g/mol. The first-order valence-electron chi connectivity index (χ1n) is 8.41. The van der Waals surface area contributed by atoms with Crippen LogP contribution < -0.4 is 11.1 Å². The Morgan fingerprint density at radius 3 is 2.70 bits per heavy atom. The van der Waals surface area contributed by atoms with Crippen LogP contribution in [-0.2, 0) is 0 Å². The van der Waals surface area contributed by atoms with Gasteiger partial charge in [-0.1, -0.05) is 36.4 Å². The molecular weight excluding hydrogens is 345 g/mol. The third-order valence-electron chi connectivity index (χ3n) is 4.39. The molecular formula is C20H16FN5O. The first-order valence-corrected chi connectivity index (χ1v) is 8.41. The van der Waals surface area contributed by atoms with Crippen LogP contribution in [0.5, 0.6) is 0 Å². The molecule has 0 fully saturated rings. The van der Waals surface area contributed by atoms with Crippen LogP contribution in [0.25, 0.3) is 21.8 Å². The Balaban J connectivity index is 1.72. The van der Waals surface area contributed by atoms with Gasteiger partial charge in [0, 0.05) is 22.5 Å². The number of aromatic nitrogens is 3. The van der Waals surface area contributed by atoms with Crippen LogP contribution in [0.4, 0.5) is 10.3 Å². The maximum absolute atomic E-state index is 14.0. The van der Waals surface area contributed by atoms with Gasteiger partial charge in [-0.25, -0.2) is 14.4 Å². The molecule has 2 aromatic heterocycles. The van der Waals surface area contributed by atoms with Crippen LogP contribution in [0.2, 0.25) is 0 Å². The van der Waals surface area contributed by atoms with E-state index >= 15 is 0 Å². The summed E-state index contributed by atoms with van der Waals surface area (Å²) in [5.41, 5.74) is 7.42. The average Bonchev–Trinajstić information content (AvgIpc) is 2.67. The number of para-hydroxylation sites is 2. The minimum Gasteiger partial charge on any atom is -0.368 e. The number of anilines is 1. The third kappa shape index (κ3) is 3.03. The number of fused-ring (bicyclic) bond motifs is 2. The first-order chi connectivity index (χ1) is 13.0. The van der Waals surface area contributed by atoms with Gasteiger partial charge >= 0.3 is 0 Å². The molecule has 0 saturated carbocycles. The molecule has 3 N–H and O–H groups in total. The quantitative estimate of drug-likeness (QED) is 0.583. The number of benzene rings is 2. The molecule has 0 aliphatic carbocycles. The molecule has 1 amide bonds. The molecule has 2 aromatic carbocycles. The Kier molecular flexibility index (Phi) is 4.12. The second-order valence-electron chi connectivity index (χ2n) is 6.18. The van der Waals surface area contributed by atoms with Crippen LogP contribution in [0.3, 0.4) is 0 Å². The number of hydrogen-bond donors (Lipinski definition) is 2. The summed E-state index contributed by atoms with van der Waals surface area (Å²) in [4.78, 5) is 25.2. The number of amides is 1. The fourth-order valence-electron chi connectivity index (χ4n) is 3.13. The predicted octanol–water partition coefficient (Wildman–Crippen LogP) is 3.39. The van der Waals surface area contributed by atoms with Gasteiger partial charge in [0.25, 0.3) is 5.91 Å². The molecule has 0 aliphatic rings. The standard InChI is InChI=1S/C20H16FN5O/c1-11(13-7-2-5-12-6-4-10-23-16(12)13)24-19(27)18-14-8-3-9-15(21)17(14)25-20(22)26-18/h2-11H,1H3,(H,24,27)(H2,22,25,26). The van der Waals surface area contributed by atoms with Crippen molar-refractivity contribution in [1.82, 2.24) is 20.3 Å². The normalized spacial score (nSPS) is 12.2. The first kappa shape index (κ1) is 16.8. The van der Waals surface area contributed by atoms with E-state index in [0.717, 1.165) is 16.5 Å². The second kappa shape index (κ2) is 6.60. The van der Waals surface area contributed by atoms with Crippen LogP contribution in [-0.4, -0.2) is 20.9 Å². The summed E-state index contributed by atoms with van der Waals surface area (Å²) in [5.74, 6) is -1.17. The fraction of sp³-hybridized carbons (Fsp3) is 0.100. The Morgan fingerprint density at radius 2 is 1.85 bits per heavy atom. The molecule has 0 bridgehead atoms. The number of nitrogen functional groups attached to an aromatic ring is 1. The van der Waals surface area contributed by atoms with E-state index < -0.39 is 11.7 Å². The molecule has 6 nitrogen and oxygen atoms in total. The Bertz CT molecular complexity index is 1170. The van der Waals surface area contributed by atoms with Crippen molar-refractivity contribution in [2.75, 3.05) is 5.73 Å². The summed E-state index contributed by atoms with van der Waals surface area (Å²) >= 11 is 0. The van der Waals surface area contributed by atoms with Crippen molar-refractivity contribution >= 4 is 33.7 Å². The number of carbonyl (C=O) groups excluding carboxylic acids is 1. The van der Waals surface area contributed by atoms with E-state index in [0.29, 0.717) is 5.39 Å². The molecule has 0 saturated heterocycles. The van der Waals surface area contributed by atoms with Crippen molar-refractivity contribution in [3.8, 4) is 0 Å². The number of carbonyl (C=O) groups is 1. The molecule has 4 rings (SSSR count). The van der Waals surface area contributed by atoms with Gasteiger partial charge < -0.3 is 11.1 Å².